The highest BCUT2D eigenvalue weighted by molar-refractivity contribution is 5.78. The van der Waals surface area contributed by atoms with Gasteiger partial charge < -0.3 is 15.2 Å². The van der Waals surface area contributed by atoms with E-state index in [1.807, 2.05) is 0 Å². The lowest BCUT2D eigenvalue weighted by molar-refractivity contribution is -0.121. The number of nitrogens with zero attached hydrogens (tertiary/aromatic N) is 2. The van der Waals surface area contributed by atoms with Crippen molar-refractivity contribution in [1.29, 1.82) is 0 Å². The molecule has 1 aromatic rings. The minimum absolute atomic E-state index is 0.0722. The summed E-state index contributed by atoms with van der Waals surface area (Å²) in [5.74, 6) is 0.662. The van der Waals surface area contributed by atoms with E-state index in [4.69, 9.17) is 4.52 Å². The maximum absolute atomic E-state index is 13.1. The number of rotatable bonds is 4. The first-order valence-electron chi connectivity index (χ1n) is 7.70. The molecule has 2 heterocycles. The lowest BCUT2D eigenvalue weighted by Crippen LogP contribution is -2.37. The van der Waals surface area contributed by atoms with Crippen molar-refractivity contribution in [3.8, 4) is 0 Å². The second-order valence-corrected chi connectivity index (χ2v) is 5.92. The van der Waals surface area contributed by atoms with Gasteiger partial charge in [0.15, 0.2) is 5.82 Å². The molecule has 2 fully saturated rings. The molecule has 1 aliphatic carbocycles. The Morgan fingerprint density at radius 2 is 2.19 bits per heavy atom. The van der Waals surface area contributed by atoms with Crippen molar-refractivity contribution in [3.63, 3.8) is 0 Å². The zero-order valence-corrected chi connectivity index (χ0v) is 12.0. The van der Waals surface area contributed by atoms with Crippen LogP contribution in [0.4, 0.5) is 4.39 Å². The smallest absolute Gasteiger partial charge is 0.243 e. The molecule has 1 amide bonds. The van der Waals surface area contributed by atoms with E-state index in [-0.39, 0.29) is 24.4 Å². The lowest BCUT2D eigenvalue weighted by Gasteiger charge is -2.22. The van der Waals surface area contributed by atoms with Gasteiger partial charge in [-0.05, 0) is 12.8 Å². The molecule has 21 heavy (non-hydrogen) atoms. The quantitative estimate of drug-likeness (QED) is 0.878. The van der Waals surface area contributed by atoms with Crippen LogP contribution in [-0.2, 0) is 11.2 Å². The van der Waals surface area contributed by atoms with Crippen LogP contribution in [0.25, 0.3) is 0 Å². The Labute approximate surface area is 122 Å². The van der Waals surface area contributed by atoms with Crippen LogP contribution in [0, 0.1) is 0 Å². The lowest BCUT2D eigenvalue weighted by atomic mass is 9.95. The molecule has 3 rings (SSSR count). The molecule has 1 aliphatic heterocycles. The van der Waals surface area contributed by atoms with Crippen molar-refractivity contribution >= 4 is 5.91 Å². The Balaban J connectivity index is 1.50. The molecule has 1 aromatic heterocycles. The minimum Gasteiger partial charge on any atom is -0.353 e. The van der Waals surface area contributed by atoms with E-state index in [9.17, 15) is 9.18 Å². The molecule has 2 N–H and O–H groups in total. The van der Waals surface area contributed by atoms with Gasteiger partial charge in [0.1, 0.15) is 6.17 Å². The fourth-order valence-electron chi connectivity index (χ4n) is 3.03. The van der Waals surface area contributed by atoms with E-state index in [1.54, 1.807) is 0 Å². The number of hydrogen-bond donors (Lipinski definition) is 2. The van der Waals surface area contributed by atoms with Gasteiger partial charge in [0.25, 0.3) is 0 Å². The Bertz CT molecular complexity index is 487. The maximum Gasteiger partial charge on any atom is 0.243 e. The first kappa shape index (κ1) is 14.4. The molecule has 7 heteroatoms. The van der Waals surface area contributed by atoms with E-state index in [0.29, 0.717) is 24.7 Å². The molecule has 0 unspecified atom stereocenters. The van der Waals surface area contributed by atoms with Gasteiger partial charge in [-0.1, -0.05) is 24.4 Å². The summed E-state index contributed by atoms with van der Waals surface area (Å²) in [6.45, 7) is 0.310. The highest BCUT2D eigenvalue weighted by Gasteiger charge is 2.29. The van der Waals surface area contributed by atoms with Crippen LogP contribution < -0.4 is 10.6 Å². The second kappa shape index (κ2) is 6.51. The zero-order valence-electron chi connectivity index (χ0n) is 12.0. The molecule has 0 radical (unpaired) electrons. The van der Waals surface area contributed by atoms with Crippen LogP contribution in [0.15, 0.2) is 4.52 Å². The Morgan fingerprint density at radius 3 is 2.90 bits per heavy atom. The number of nitrogens with one attached hydrogen (secondary N) is 2. The maximum atomic E-state index is 13.1. The van der Waals surface area contributed by atoms with Crippen LogP contribution in [-0.4, -0.2) is 34.8 Å². The molecule has 1 saturated heterocycles. The minimum atomic E-state index is -0.875. The first-order chi connectivity index (χ1) is 10.2. The normalized spacial score (nSPS) is 26.9. The molecule has 0 spiro atoms. The number of carbonyl (C=O) groups is 1. The number of hydrogen-bond acceptors (Lipinski definition) is 5. The van der Waals surface area contributed by atoms with Gasteiger partial charge in [-0.3, -0.25) is 4.79 Å². The van der Waals surface area contributed by atoms with Gasteiger partial charge in [0.05, 0.1) is 12.5 Å². The fraction of sp³-hybridized carbons (Fsp3) is 0.786. The van der Waals surface area contributed by atoms with E-state index >= 15 is 0 Å². The second-order valence-electron chi connectivity index (χ2n) is 5.92. The highest BCUT2D eigenvalue weighted by atomic mass is 19.1. The van der Waals surface area contributed by atoms with Crippen molar-refractivity contribution in [2.24, 2.45) is 0 Å². The van der Waals surface area contributed by atoms with Crippen LogP contribution in [0.1, 0.15) is 56.3 Å². The molecule has 6 nitrogen and oxygen atoms in total. The molecule has 116 valence electrons. The Morgan fingerprint density at radius 1 is 1.38 bits per heavy atom. The van der Waals surface area contributed by atoms with Crippen LogP contribution in [0.3, 0.4) is 0 Å². The van der Waals surface area contributed by atoms with Crippen molar-refractivity contribution < 1.29 is 13.7 Å². The number of amides is 1. The summed E-state index contributed by atoms with van der Waals surface area (Å²) in [6.07, 6.45) is 5.29. The summed E-state index contributed by atoms with van der Waals surface area (Å²) < 4.78 is 18.2. The van der Waals surface area contributed by atoms with Gasteiger partial charge in [0, 0.05) is 19.0 Å². The van der Waals surface area contributed by atoms with E-state index in [0.717, 1.165) is 12.8 Å². The number of aromatic nitrogens is 2. The average Bonchev–Trinajstić information content (AvgIpc) is 3.09. The highest BCUT2D eigenvalue weighted by Crippen LogP contribution is 2.23. The topological polar surface area (TPSA) is 80.1 Å². The van der Waals surface area contributed by atoms with Crippen molar-refractivity contribution in [3.05, 3.63) is 11.7 Å². The molecule has 0 aromatic carbocycles. The summed E-state index contributed by atoms with van der Waals surface area (Å²) in [7, 11) is 0. The third kappa shape index (κ3) is 3.78. The monoisotopic (exact) mass is 296 g/mol. The van der Waals surface area contributed by atoms with Gasteiger partial charge in [-0.2, -0.15) is 4.98 Å². The molecular weight excluding hydrogens is 275 g/mol. The number of carbonyl (C=O) groups excluding carboxylic acids is 1. The van der Waals surface area contributed by atoms with Gasteiger partial charge in [-0.25, -0.2) is 4.39 Å². The third-order valence-corrected chi connectivity index (χ3v) is 4.15. The van der Waals surface area contributed by atoms with Crippen LogP contribution >= 0.6 is 0 Å². The summed E-state index contributed by atoms with van der Waals surface area (Å²) in [5.41, 5.74) is 0. The van der Waals surface area contributed by atoms with Gasteiger partial charge >= 0.3 is 0 Å². The third-order valence-electron chi connectivity index (χ3n) is 4.15. The molecule has 2 aliphatic rings. The van der Waals surface area contributed by atoms with Crippen molar-refractivity contribution in [2.45, 2.75) is 63.2 Å². The summed E-state index contributed by atoms with van der Waals surface area (Å²) in [5, 5.41) is 9.81. The standard InChI is InChI=1S/C14H21FN4O2/c15-9-6-11(16-8-9)14-18-12(19-21-14)7-13(20)17-10-4-2-1-3-5-10/h9-11,16H,1-8H2,(H,17,20)/t9-,11+/m0/s1. The SMILES string of the molecule is O=C(Cc1noc([C@H]2C[C@H](F)CN2)n1)NC1CCCCC1. The average molecular weight is 296 g/mol. The molecule has 2 atom stereocenters. The van der Waals surface area contributed by atoms with Gasteiger partial charge in [0.2, 0.25) is 11.8 Å². The number of halogens is 1. The van der Waals surface area contributed by atoms with Crippen LogP contribution in [0.5, 0.6) is 0 Å². The zero-order chi connectivity index (χ0) is 14.7. The molecule has 1 saturated carbocycles. The fourth-order valence-corrected chi connectivity index (χ4v) is 3.03. The summed E-state index contributed by atoms with van der Waals surface area (Å²) in [4.78, 5) is 16.1. The Hall–Kier alpha value is -1.50. The van der Waals surface area contributed by atoms with Gasteiger partial charge in [-0.15, -0.1) is 0 Å². The number of alkyl halides is 1. The predicted molar refractivity (Wildman–Crippen MR) is 73.3 cm³/mol. The van der Waals surface area contributed by atoms with E-state index in [2.05, 4.69) is 20.8 Å². The van der Waals surface area contributed by atoms with E-state index < -0.39 is 6.17 Å². The van der Waals surface area contributed by atoms with Crippen molar-refractivity contribution in [2.75, 3.05) is 6.54 Å². The van der Waals surface area contributed by atoms with Crippen LogP contribution in [0.2, 0.25) is 0 Å². The predicted octanol–water partition coefficient (Wildman–Crippen LogP) is 1.43. The first-order valence-corrected chi connectivity index (χ1v) is 7.70. The Kier molecular flexibility index (Phi) is 4.48. The van der Waals surface area contributed by atoms with Crippen molar-refractivity contribution in [1.82, 2.24) is 20.8 Å². The largest absolute Gasteiger partial charge is 0.353 e. The van der Waals surface area contributed by atoms with E-state index in [1.165, 1.54) is 19.3 Å². The molecular formula is C14H21FN4O2. The summed E-state index contributed by atoms with van der Waals surface area (Å²) >= 11 is 0. The summed E-state index contributed by atoms with van der Waals surface area (Å²) in [6, 6.07) is 0.0454. The molecule has 0 bridgehead atoms.